The van der Waals surface area contributed by atoms with Gasteiger partial charge in [-0.3, -0.25) is 0 Å². The molecule has 0 saturated heterocycles. The number of furan rings is 1. The molecule has 0 amide bonds. The van der Waals surface area contributed by atoms with Crippen LogP contribution in [-0.2, 0) is 0 Å². The van der Waals surface area contributed by atoms with Gasteiger partial charge in [-0.2, -0.15) is 5.26 Å². The van der Waals surface area contributed by atoms with Gasteiger partial charge in [0.1, 0.15) is 17.2 Å². The lowest BCUT2D eigenvalue weighted by molar-refractivity contribution is 0.669. The van der Waals surface area contributed by atoms with Crippen molar-refractivity contribution in [2.24, 2.45) is 0 Å². The minimum absolute atomic E-state index is 0.430. The van der Waals surface area contributed by atoms with Gasteiger partial charge in [0.15, 0.2) is 17.5 Å². The molecule has 4 aromatic heterocycles. The first-order valence-electron chi connectivity index (χ1n) is 17.3. The summed E-state index contributed by atoms with van der Waals surface area (Å²) in [7, 11) is 0. The zero-order chi connectivity index (χ0) is 35.0. The SMILES string of the molecule is N#Cc1cc(-c2nc(-c3ccccc3)nc(-c3ccccc3)n2)c2oc3ccccc3c2c1-n1c2ccccc2c2ccc3c4ccccc4sc3c21. The number of nitrogens with zero attached hydrogens (tertiary/aromatic N) is 5. The largest absolute Gasteiger partial charge is 0.455 e. The van der Waals surface area contributed by atoms with Crippen molar-refractivity contribution in [1.29, 1.82) is 5.26 Å². The third-order valence-electron chi connectivity index (χ3n) is 10.1. The van der Waals surface area contributed by atoms with E-state index in [1.54, 1.807) is 11.3 Å². The maximum absolute atomic E-state index is 11.2. The van der Waals surface area contributed by atoms with E-state index in [0.717, 1.165) is 49.4 Å². The van der Waals surface area contributed by atoms with E-state index in [0.29, 0.717) is 39.8 Å². The second-order valence-corrected chi connectivity index (χ2v) is 14.1. The molecule has 0 saturated carbocycles. The minimum atomic E-state index is 0.430. The molecule has 0 aliphatic carbocycles. The molecule has 11 aromatic rings. The molecule has 0 fully saturated rings. The van der Waals surface area contributed by atoms with E-state index < -0.39 is 0 Å². The van der Waals surface area contributed by atoms with Crippen LogP contribution in [0.15, 0.2) is 156 Å². The normalized spacial score (nSPS) is 11.8. The molecule has 6 nitrogen and oxygen atoms in total. The van der Waals surface area contributed by atoms with Gasteiger partial charge in [-0.1, -0.05) is 127 Å². The van der Waals surface area contributed by atoms with E-state index >= 15 is 0 Å². The van der Waals surface area contributed by atoms with Crippen LogP contribution in [0.4, 0.5) is 0 Å². The van der Waals surface area contributed by atoms with Crippen LogP contribution in [0, 0.1) is 11.3 Å². The van der Waals surface area contributed by atoms with E-state index in [1.165, 1.54) is 20.2 Å². The molecule has 0 bridgehead atoms. The summed E-state index contributed by atoms with van der Waals surface area (Å²) >= 11 is 1.78. The number of benzene rings is 7. The number of aromatic nitrogens is 4. The molecule has 0 atom stereocenters. The molecular weight excluding hydrogens is 671 g/mol. The van der Waals surface area contributed by atoms with Gasteiger partial charge in [-0.05, 0) is 24.3 Å². The Balaban J connectivity index is 1.30. The van der Waals surface area contributed by atoms with Gasteiger partial charge in [0, 0.05) is 42.8 Å². The molecule has 246 valence electrons. The summed E-state index contributed by atoms with van der Waals surface area (Å²) in [6.45, 7) is 0. The molecule has 0 aliphatic rings. The number of hydrogen-bond acceptors (Lipinski definition) is 6. The van der Waals surface area contributed by atoms with Crippen LogP contribution in [0.2, 0.25) is 0 Å². The van der Waals surface area contributed by atoms with Crippen molar-refractivity contribution in [3.05, 3.63) is 157 Å². The maximum Gasteiger partial charge on any atom is 0.167 e. The van der Waals surface area contributed by atoms with E-state index in [2.05, 4.69) is 77.4 Å². The van der Waals surface area contributed by atoms with Crippen molar-refractivity contribution < 1.29 is 4.42 Å². The Morgan fingerprint density at radius 3 is 1.91 bits per heavy atom. The average molecular weight is 696 g/mol. The second-order valence-electron chi connectivity index (χ2n) is 13.1. The third kappa shape index (κ3) is 4.40. The fraction of sp³-hybridized carbons (Fsp3) is 0. The number of thiophene rings is 1. The van der Waals surface area contributed by atoms with Crippen LogP contribution in [0.5, 0.6) is 0 Å². The number of nitriles is 1. The van der Waals surface area contributed by atoms with Gasteiger partial charge < -0.3 is 8.98 Å². The lowest BCUT2D eigenvalue weighted by Crippen LogP contribution is -2.03. The highest BCUT2D eigenvalue weighted by atomic mass is 32.1. The Hall–Kier alpha value is -7.14. The van der Waals surface area contributed by atoms with Crippen molar-refractivity contribution in [2.45, 2.75) is 0 Å². The van der Waals surface area contributed by atoms with Crippen LogP contribution < -0.4 is 0 Å². The van der Waals surface area contributed by atoms with Crippen LogP contribution in [0.1, 0.15) is 5.56 Å². The van der Waals surface area contributed by atoms with Gasteiger partial charge in [-0.25, -0.2) is 15.0 Å². The summed E-state index contributed by atoms with van der Waals surface area (Å²) in [4.78, 5) is 15.0. The molecule has 11 rings (SSSR count). The zero-order valence-corrected chi connectivity index (χ0v) is 28.8. The number of para-hydroxylation sites is 2. The molecule has 53 heavy (non-hydrogen) atoms. The highest BCUT2D eigenvalue weighted by Crippen LogP contribution is 2.47. The predicted octanol–water partition coefficient (Wildman–Crippen LogP) is 12.1. The van der Waals surface area contributed by atoms with Crippen molar-refractivity contribution in [2.75, 3.05) is 0 Å². The molecule has 0 aliphatic heterocycles. The highest BCUT2D eigenvalue weighted by Gasteiger charge is 2.27. The summed E-state index contributed by atoms with van der Waals surface area (Å²) in [5.41, 5.74) is 7.02. The topological polar surface area (TPSA) is 80.5 Å². The minimum Gasteiger partial charge on any atom is -0.455 e. The second kappa shape index (κ2) is 11.4. The van der Waals surface area contributed by atoms with Crippen molar-refractivity contribution >= 4 is 75.3 Å². The Bertz CT molecular complexity index is 3240. The average Bonchev–Trinajstić information content (AvgIpc) is 3.91. The van der Waals surface area contributed by atoms with Crippen LogP contribution >= 0.6 is 11.3 Å². The molecule has 0 spiro atoms. The maximum atomic E-state index is 11.2. The quantitative estimate of drug-likeness (QED) is 0.183. The molecule has 7 aromatic carbocycles. The summed E-state index contributed by atoms with van der Waals surface area (Å²) in [6, 6.07) is 53.8. The van der Waals surface area contributed by atoms with E-state index in [4.69, 9.17) is 19.4 Å². The van der Waals surface area contributed by atoms with Gasteiger partial charge in [0.05, 0.1) is 37.9 Å². The molecule has 4 heterocycles. The number of rotatable bonds is 4. The summed E-state index contributed by atoms with van der Waals surface area (Å²) in [5.74, 6) is 1.51. The lowest BCUT2D eigenvalue weighted by atomic mass is 10.0. The summed E-state index contributed by atoms with van der Waals surface area (Å²) in [5, 5.41) is 17.6. The first-order chi connectivity index (χ1) is 26.2. The lowest BCUT2D eigenvalue weighted by Gasteiger charge is -2.15. The van der Waals surface area contributed by atoms with E-state index in [-0.39, 0.29) is 0 Å². The van der Waals surface area contributed by atoms with E-state index in [1.807, 2.05) is 84.9 Å². The molecule has 0 N–H and O–H groups in total. The Morgan fingerprint density at radius 1 is 0.566 bits per heavy atom. The summed E-state index contributed by atoms with van der Waals surface area (Å²) < 4.78 is 11.5. The van der Waals surface area contributed by atoms with E-state index in [9.17, 15) is 5.26 Å². The standard InChI is InChI=1S/C46H25N5OS/c47-26-29-25-35(46-49-44(27-13-3-1-4-14-27)48-45(50-46)28-15-5-2-6-16-28)42-39(34-19-8-11-21-37(34)52-42)40(29)51-36-20-10-7-17-30(36)32-23-24-33-31-18-9-12-22-38(31)53-43(33)41(32)51/h1-25H. The Kier molecular flexibility index (Phi) is 6.38. The van der Waals surface area contributed by atoms with Gasteiger partial charge in [0.25, 0.3) is 0 Å². The molecular formula is C46H25N5OS. The van der Waals surface area contributed by atoms with Gasteiger partial charge >= 0.3 is 0 Å². The van der Waals surface area contributed by atoms with Crippen LogP contribution in [-0.4, -0.2) is 19.5 Å². The first-order valence-corrected chi connectivity index (χ1v) is 18.2. The van der Waals surface area contributed by atoms with Crippen molar-refractivity contribution in [1.82, 2.24) is 19.5 Å². The van der Waals surface area contributed by atoms with Crippen LogP contribution in [0.25, 0.3) is 104 Å². The zero-order valence-electron chi connectivity index (χ0n) is 28.0. The first kappa shape index (κ1) is 29.6. The third-order valence-corrected chi connectivity index (χ3v) is 11.3. The smallest absolute Gasteiger partial charge is 0.167 e. The highest BCUT2D eigenvalue weighted by molar-refractivity contribution is 7.26. The Morgan fingerprint density at radius 2 is 1.17 bits per heavy atom. The van der Waals surface area contributed by atoms with Gasteiger partial charge in [-0.15, -0.1) is 11.3 Å². The molecule has 7 heteroatoms. The monoisotopic (exact) mass is 695 g/mol. The number of hydrogen-bond donors (Lipinski definition) is 0. The predicted molar refractivity (Wildman–Crippen MR) is 215 cm³/mol. The number of fused-ring (bicyclic) bond motifs is 10. The summed E-state index contributed by atoms with van der Waals surface area (Å²) in [6.07, 6.45) is 0. The van der Waals surface area contributed by atoms with Crippen LogP contribution in [0.3, 0.4) is 0 Å². The van der Waals surface area contributed by atoms with Gasteiger partial charge in [0.2, 0.25) is 0 Å². The fourth-order valence-corrected chi connectivity index (χ4v) is 9.00. The van der Waals surface area contributed by atoms with Crippen molar-refractivity contribution in [3.8, 4) is 45.9 Å². The fourth-order valence-electron chi connectivity index (χ4n) is 7.76. The van der Waals surface area contributed by atoms with Crippen molar-refractivity contribution in [3.63, 3.8) is 0 Å². The molecule has 0 unspecified atom stereocenters. The molecule has 0 radical (unpaired) electrons. The Labute approximate surface area is 306 Å².